The Morgan fingerprint density at radius 3 is 3.00 bits per heavy atom. The van der Waals surface area contributed by atoms with E-state index in [0.717, 1.165) is 35.0 Å². The Kier molecular flexibility index (Phi) is 2.59. The lowest BCUT2D eigenvalue weighted by Gasteiger charge is -2.11. The van der Waals surface area contributed by atoms with Crippen molar-refractivity contribution in [1.29, 1.82) is 0 Å². The molecule has 1 aliphatic carbocycles. The van der Waals surface area contributed by atoms with Crippen molar-refractivity contribution in [1.82, 2.24) is 9.55 Å². The number of nitrogens with zero attached hydrogens (tertiary/aromatic N) is 2. The lowest BCUT2D eigenvalue weighted by atomic mass is 10.2. The molecule has 2 aromatic rings. The number of hydrogen-bond donors (Lipinski definition) is 0. The zero-order valence-corrected chi connectivity index (χ0v) is 11.2. The van der Waals surface area contributed by atoms with Crippen LogP contribution >= 0.6 is 11.3 Å². The van der Waals surface area contributed by atoms with Gasteiger partial charge in [0.15, 0.2) is 5.78 Å². The summed E-state index contributed by atoms with van der Waals surface area (Å²) < 4.78 is 1.45. The molecule has 0 saturated heterocycles. The zero-order chi connectivity index (χ0) is 12.9. The van der Waals surface area contributed by atoms with Gasteiger partial charge in [0.25, 0.3) is 5.56 Å². The summed E-state index contributed by atoms with van der Waals surface area (Å²) >= 11 is 1.62. The quantitative estimate of drug-likeness (QED) is 0.832. The molecule has 18 heavy (non-hydrogen) atoms. The van der Waals surface area contributed by atoms with E-state index in [1.165, 1.54) is 22.7 Å². The number of thiophene rings is 1. The summed E-state index contributed by atoms with van der Waals surface area (Å²) in [5, 5.41) is 0.739. The van der Waals surface area contributed by atoms with E-state index < -0.39 is 6.04 Å². The molecule has 0 saturated carbocycles. The molecule has 4 nitrogen and oxygen atoms in total. The van der Waals surface area contributed by atoms with Gasteiger partial charge in [0.1, 0.15) is 4.83 Å². The summed E-state index contributed by atoms with van der Waals surface area (Å²) in [6.45, 7) is 3.24. The first-order chi connectivity index (χ1) is 8.59. The van der Waals surface area contributed by atoms with Gasteiger partial charge in [0.2, 0.25) is 0 Å². The molecule has 0 aliphatic heterocycles. The van der Waals surface area contributed by atoms with Crippen molar-refractivity contribution in [3.05, 3.63) is 27.1 Å². The minimum absolute atomic E-state index is 0.0230. The van der Waals surface area contributed by atoms with Crippen LogP contribution in [0.5, 0.6) is 0 Å². The lowest BCUT2D eigenvalue weighted by molar-refractivity contribution is -0.119. The Labute approximate surface area is 108 Å². The largest absolute Gasteiger partial charge is 0.298 e. The summed E-state index contributed by atoms with van der Waals surface area (Å²) in [6, 6.07) is -0.439. The summed E-state index contributed by atoms with van der Waals surface area (Å²) in [4.78, 5) is 30.3. The molecular formula is C13H14N2O2S. The predicted octanol–water partition coefficient (Wildman–Crippen LogP) is 2.10. The number of hydrogen-bond acceptors (Lipinski definition) is 4. The highest BCUT2D eigenvalue weighted by Crippen LogP contribution is 2.34. The molecule has 0 radical (unpaired) electrons. The van der Waals surface area contributed by atoms with E-state index in [1.54, 1.807) is 18.3 Å². The molecule has 1 aliphatic rings. The highest BCUT2D eigenvalue weighted by Gasteiger charge is 2.22. The van der Waals surface area contributed by atoms with Crippen LogP contribution in [-0.2, 0) is 17.6 Å². The number of carbonyl (C=O) groups is 1. The molecule has 2 aromatic heterocycles. The second kappa shape index (κ2) is 4.02. The Morgan fingerprint density at radius 1 is 1.50 bits per heavy atom. The first kappa shape index (κ1) is 11.6. The van der Waals surface area contributed by atoms with Crippen molar-refractivity contribution in [3.8, 4) is 0 Å². The average molecular weight is 262 g/mol. The van der Waals surface area contributed by atoms with Crippen LogP contribution in [0.25, 0.3) is 10.2 Å². The molecule has 0 N–H and O–H groups in total. The Bertz CT molecular complexity index is 699. The number of fused-ring (bicyclic) bond motifs is 3. The zero-order valence-electron chi connectivity index (χ0n) is 10.4. The lowest BCUT2D eigenvalue weighted by Crippen LogP contribution is -2.27. The van der Waals surface area contributed by atoms with E-state index >= 15 is 0 Å². The third kappa shape index (κ3) is 1.54. The monoisotopic (exact) mass is 262 g/mol. The molecule has 0 fully saturated rings. The fraction of sp³-hybridized carbons (Fsp3) is 0.462. The van der Waals surface area contributed by atoms with E-state index in [1.807, 2.05) is 0 Å². The van der Waals surface area contributed by atoms with Crippen LogP contribution in [-0.4, -0.2) is 15.3 Å². The third-order valence-electron chi connectivity index (χ3n) is 3.66. The van der Waals surface area contributed by atoms with Crippen molar-refractivity contribution < 1.29 is 4.79 Å². The highest BCUT2D eigenvalue weighted by atomic mass is 32.1. The highest BCUT2D eigenvalue weighted by molar-refractivity contribution is 7.18. The van der Waals surface area contributed by atoms with Crippen molar-refractivity contribution in [2.24, 2.45) is 0 Å². The van der Waals surface area contributed by atoms with Crippen molar-refractivity contribution >= 4 is 27.3 Å². The van der Waals surface area contributed by atoms with E-state index in [2.05, 4.69) is 4.98 Å². The molecule has 94 valence electrons. The maximum absolute atomic E-state index is 12.5. The van der Waals surface area contributed by atoms with E-state index in [4.69, 9.17) is 0 Å². The molecule has 0 bridgehead atoms. The SMILES string of the molecule is CC(=O)[C@@H](C)n1cnc2sc3c(c2c1=O)CCC3. The van der Waals surface area contributed by atoms with Gasteiger partial charge < -0.3 is 0 Å². The second-order valence-electron chi connectivity index (χ2n) is 4.78. The third-order valence-corrected chi connectivity index (χ3v) is 4.86. The van der Waals surface area contributed by atoms with Crippen molar-refractivity contribution in [2.75, 3.05) is 0 Å². The van der Waals surface area contributed by atoms with Gasteiger partial charge in [-0.2, -0.15) is 0 Å². The molecule has 0 spiro atoms. The predicted molar refractivity (Wildman–Crippen MR) is 71.3 cm³/mol. The van der Waals surface area contributed by atoms with Crippen LogP contribution in [0.15, 0.2) is 11.1 Å². The number of Topliss-reactive ketones (excluding diaryl/α,β-unsaturated/α-hetero) is 1. The molecule has 3 rings (SSSR count). The van der Waals surface area contributed by atoms with E-state index in [-0.39, 0.29) is 11.3 Å². The van der Waals surface area contributed by atoms with Crippen LogP contribution in [0.3, 0.4) is 0 Å². The normalized spacial score (nSPS) is 15.9. The number of rotatable bonds is 2. The first-order valence-electron chi connectivity index (χ1n) is 6.11. The van der Waals surface area contributed by atoms with Gasteiger partial charge in [-0.1, -0.05) is 0 Å². The molecule has 0 aromatic carbocycles. The van der Waals surface area contributed by atoms with Gasteiger partial charge in [-0.3, -0.25) is 14.2 Å². The summed E-state index contributed by atoms with van der Waals surface area (Å²) in [6.07, 6.45) is 4.64. The van der Waals surface area contributed by atoms with E-state index in [0.29, 0.717) is 0 Å². The molecule has 0 amide bonds. The van der Waals surface area contributed by atoms with Gasteiger partial charge in [-0.05, 0) is 38.7 Å². The topological polar surface area (TPSA) is 52.0 Å². The summed E-state index contributed by atoms with van der Waals surface area (Å²) in [7, 11) is 0. The van der Waals surface area contributed by atoms with E-state index in [9.17, 15) is 9.59 Å². The second-order valence-corrected chi connectivity index (χ2v) is 5.86. The smallest absolute Gasteiger partial charge is 0.263 e. The van der Waals surface area contributed by atoms with Crippen LogP contribution in [0.4, 0.5) is 0 Å². The molecule has 1 atom stereocenters. The summed E-state index contributed by atoms with van der Waals surface area (Å²) in [5.74, 6) is -0.0230. The average Bonchev–Trinajstić information content (AvgIpc) is 2.88. The molecular weight excluding hydrogens is 248 g/mol. The van der Waals surface area contributed by atoms with Gasteiger partial charge in [0.05, 0.1) is 17.8 Å². The number of carbonyl (C=O) groups excluding carboxylic acids is 1. The Morgan fingerprint density at radius 2 is 2.28 bits per heavy atom. The van der Waals surface area contributed by atoms with Crippen LogP contribution in [0.1, 0.15) is 36.8 Å². The standard InChI is InChI=1S/C13H14N2O2S/c1-7(8(2)16)15-6-14-12-11(13(15)17)9-4-3-5-10(9)18-12/h6-7H,3-5H2,1-2H3/t7-/m1/s1. The Balaban J connectivity index is 2.29. The number of aryl methyl sites for hydroxylation is 2. The van der Waals surface area contributed by atoms with Gasteiger partial charge in [0, 0.05) is 4.88 Å². The van der Waals surface area contributed by atoms with Crippen LogP contribution in [0, 0.1) is 0 Å². The summed E-state index contributed by atoms with van der Waals surface area (Å²) in [5.41, 5.74) is 1.10. The fourth-order valence-electron chi connectivity index (χ4n) is 2.47. The fourth-order valence-corrected chi connectivity index (χ4v) is 3.69. The molecule has 0 unspecified atom stereocenters. The van der Waals surface area contributed by atoms with Crippen molar-refractivity contribution in [3.63, 3.8) is 0 Å². The maximum atomic E-state index is 12.5. The number of aromatic nitrogens is 2. The van der Waals surface area contributed by atoms with Crippen molar-refractivity contribution in [2.45, 2.75) is 39.2 Å². The minimum atomic E-state index is -0.439. The van der Waals surface area contributed by atoms with Gasteiger partial charge in [-0.15, -0.1) is 11.3 Å². The van der Waals surface area contributed by atoms with Crippen LogP contribution < -0.4 is 5.56 Å². The minimum Gasteiger partial charge on any atom is -0.298 e. The Hall–Kier alpha value is -1.49. The van der Waals surface area contributed by atoms with Crippen LogP contribution in [0.2, 0.25) is 0 Å². The molecule has 2 heterocycles. The first-order valence-corrected chi connectivity index (χ1v) is 6.93. The van der Waals surface area contributed by atoms with Gasteiger partial charge in [-0.25, -0.2) is 4.98 Å². The van der Waals surface area contributed by atoms with Gasteiger partial charge >= 0.3 is 0 Å². The maximum Gasteiger partial charge on any atom is 0.263 e. The molecule has 5 heteroatoms. The number of ketones is 1.